The number of carbonyl (C=O) groups excluding carboxylic acids is 1. The van der Waals surface area contributed by atoms with E-state index < -0.39 is 5.60 Å². The number of fused-ring (bicyclic) bond motifs is 2. The van der Waals surface area contributed by atoms with E-state index in [4.69, 9.17) is 9.72 Å². The van der Waals surface area contributed by atoms with Gasteiger partial charge < -0.3 is 9.64 Å². The first kappa shape index (κ1) is 21.3. The number of aromatic nitrogens is 3. The van der Waals surface area contributed by atoms with E-state index in [1.54, 1.807) is 39.3 Å². The highest BCUT2D eigenvalue weighted by atomic mass is 32.1. The van der Waals surface area contributed by atoms with Crippen LogP contribution in [0.25, 0.3) is 31.0 Å². The molecule has 0 saturated carbocycles. The number of aryl methyl sites for hydroxylation is 1. The van der Waals surface area contributed by atoms with Gasteiger partial charge in [0.15, 0.2) is 5.82 Å². The van der Waals surface area contributed by atoms with Gasteiger partial charge >= 0.3 is 6.09 Å². The van der Waals surface area contributed by atoms with Gasteiger partial charge in [-0.25, -0.2) is 14.2 Å². The molecule has 0 N–H and O–H groups in total. The van der Waals surface area contributed by atoms with Gasteiger partial charge in [0, 0.05) is 42.2 Å². The number of rotatable bonds is 2. The second kappa shape index (κ2) is 7.81. The predicted octanol–water partition coefficient (Wildman–Crippen LogP) is 6.17. The highest BCUT2D eigenvalue weighted by Gasteiger charge is 2.28. The van der Waals surface area contributed by atoms with Crippen LogP contribution in [0.2, 0.25) is 0 Å². The number of nitrogens with zero attached hydrogens (tertiary/aromatic N) is 4. The predicted molar refractivity (Wildman–Crippen MR) is 127 cm³/mol. The molecule has 1 fully saturated rings. The number of ether oxygens (including phenoxy) is 1. The van der Waals surface area contributed by atoms with Crippen molar-refractivity contribution < 1.29 is 13.9 Å². The Morgan fingerprint density at radius 1 is 1.19 bits per heavy atom. The monoisotopic (exact) mass is 472 g/mol. The Morgan fingerprint density at radius 3 is 2.62 bits per heavy atom. The minimum absolute atomic E-state index is 0.229. The topological polar surface area (TPSA) is 60.2 Å². The number of likely N-dealkylation sites (tertiary alicyclic amines) is 1. The van der Waals surface area contributed by atoms with Gasteiger partial charge in [0.2, 0.25) is 0 Å². The summed E-state index contributed by atoms with van der Waals surface area (Å²) in [7, 11) is 1.79. The number of benzene rings is 1. The van der Waals surface area contributed by atoms with Crippen LogP contribution in [0.15, 0.2) is 24.4 Å². The molecule has 1 aliphatic rings. The third-order valence-corrected chi connectivity index (χ3v) is 7.95. The van der Waals surface area contributed by atoms with Gasteiger partial charge in [-0.05, 0) is 57.7 Å². The normalized spacial score (nSPS) is 15.7. The van der Waals surface area contributed by atoms with E-state index in [1.165, 1.54) is 10.9 Å². The molecule has 0 unspecified atom stereocenters. The van der Waals surface area contributed by atoms with Crippen LogP contribution in [0, 0.1) is 5.82 Å². The van der Waals surface area contributed by atoms with Crippen molar-refractivity contribution in [3.8, 4) is 10.6 Å². The SMILES string of the molecule is Cn1cc2cc(-c3nc4sc(C5CCN(C(=O)OC(C)(C)C)CC5)cc4s3)cc(F)c2n1. The average Bonchev–Trinajstić information content (AvgIpc) is 3.39. The first-order valence-corrected chi connectivity index (χ1v) is 12.3. The number of halogens is 1. The maximum atomic E-state index is 14.5. The molecule has 9 heteroatoms. The van der Waals surface area contributed by atoms with Crippen molar-refractivity contribution in [3.05, 3.63) is 35.1 Å². The van der Waals surface area contributed by atoms with E-state index in [-0.39, 0.29) is 11.9 Å². The molecule has 0 radical (unpaired) electrons. The first-order valence-electron chi connectivity index (χ1n) is 10.7. The van der Waals surface area contributed by atoms with Crippen LogP contribution in [0.5, 0.6) is 0 Å². The molecule has 4 heterocycles. The second-order valence-corrected chi connectivity index (χ2v) is 11.4. The standard InChI is InChI=1S/C23H25FN4O2S2/c1-23(2,3)30-22(29)28-7-5-13(6-8-28)17-11-18-21(31-17)25-20(32-18)14-9-15-12-27(4)26-19(15)16(24)10-14/h9-13H,5-8H2,1-4H3. The number of thiazole rings is 1. The molecule has 0 aliphatic carbocycles. The Hall–Kier alpha value is -2.52. The summed E-state index contributed by atoms with van der Waals surface area (Å²) < 4.78 is 22.7. The molecule has 168 valence electrons. The molecule has 6 nitrogen and oxygen atoms in total. The smallest absolute Gasteiger partial charge is 0.410 e. The Morgan fingerprint density at radius 2 is 1.94 bits per heavy atom. The number of hydrogen-bond acceptors (Lipinski definition) is 6. The summed E-state index contributed by atoms with van der Waals surface area (Å²) in [6.07, 6.45) is 3.43. The molecule has 0 spiro atoms. The molecule has 0 bridgehead atoms. The Kier molecular flexibility index (Phi) is 5.21. The molecule has 1 aromatic carbocycles. The maximum Gasteiger partial charge on any atom is 0.410 e. The summed E-state index contributed by atoms with van der Waals surface area (Å²) in [4.78, 5) is 21.2. The Bertz CT molecular complexity index is 1280. The van der Waals surface area contributed by atoms with Crippen molar-refractivity contribution >= 4 is 49.2 Å². The van der Waals surface area contributed by atoms with E-state index >= 15 is 0 Å². The van der Waals surface area contributed by atoms with E-state index in [0.717, 1.165) is 38.3 Å². The second-order valence-electron chi connectivity index (χ2n) is 9.28. The molecular weight excluding hydrogens is 447 g/mol. The highest BCUT2D eigenvalue weighted by Crippen LogP contribution is 2.41. The van der Waals surface area contributed by atoms with Crippen molar-refractivity contribution in [3.63, 3.8) is 0 Å². The van der Waals surface area contributed by atoms with E-state index in [2.05, 4.69) is 11.2 Å². The fourth-order valence-corrected chi connectivity index (χ4v) is 6.47. The molecule has 1 saturated heterocycles. The van der Waals surface area contributed by atoms with Crippen molar-refractivity contribution in [1.82, 2.24) is 19.7 Å². The van der Waals surface area contributed by atoms with Crippen LogP contribution in [-0.2, 0) is 11.8 Å². The maximum absolute atomic E-state index is 14.5. The van der Waals surface area contributed by atoms with Crippen LogP contribution in [0.4, 0.5) is 9.18 Å². The Balaban J connectivity index is 1.31. The van der Waals surface area contributed by atoms with Crippen LogP contribution in [0.1, 0.15) is 44.4 Å². The van der Waals surface area contributed by atoms with Crippen molar-refractivity contribution in [2.75, 3.05) is 13.1 Å². The zero-order valence-corrected chi connectivity index (χ0v) is 20.1. The van der Waals surface area contributed by atoms with E-state index in [1.807, 2.05) is 33.0 Å². The summed E-state index contributed by atoms with van der Waals surface area (Å²) in [5.74, 6) is 0.0989. The molecule has 32 heavy (non-hydrogen) atoms. The zero-order valence-electron chi connectivity index (χ0n) is 18.5. The molecule has 3 aromatic heterocycles. The quantitative estimate of drug-likeness (QED) is 0.350. The lowest BCUT2D eigenvalue weighted by Crippen LogP contribution is -2.41. The molecular formula is C23H25FN4O2S2. The fraction of sp³-hybridized carbons (Fsp3) is 0.435. The van der Waals surface area contributed by atoms with Crippen LogP contribution >= 0.6 is 22.7 Å². The van der Waals surface area contributed by atoms with Gasteiger partial charge in [-0.2, -0.15) is 5.10 Å². The minimum Gasteiger partial charge on any atom is -0.444 e. The fourth-order valence-electron chi connectivity index (χ4n) is 4.09. The number of thiophene rings is 1. The lowest BCUT2D eigenvalue weighted by molar-refractivity contribution is 0.0205. The van der Waals surface area contributed by atoms with Crippen molar-refractivity contribution in [2.45, 2.75) is 45.1 Å². The lowest BCUT2D eigenvalue weighted by atomic mass is 9.95. The number of piperidine rings is 1. The molecule has 5 rings (SSSR count). The van der Waals surface area contributed by atoms with Crippen LogP contribution in [0.3, 0.4) is 0 Å². The van der Waals surface area contributed by atoms with Crippen molar-refractivity contribution in [2.24, 2.45) is 7.05 Å². The molecule has 1 amide bonds. The molecule has 1 aliphatic heterocycles. The highest BCUT2D eigenvalue weighted by molar-refractivity contribution is 7.28. The number of hydrogen-bond donors (Lipinski definition) is 0. The lowest BCUT2D eigenvalue weighted by Gasteiger charge is -2.33. The summed E-state index contributed by atoms with van der Waals surface area (Å²) in [6.45, 7) is 7.07. The minimum atomic E-state index is -0.472. The largest absolute Gasteiger partial charge is 0.444 e. The molecule has 4 aromatic rings. The Labute approximate surface area is 193 Å². The summed E-state index contributed by atoms with van der Waals surface area (Å²) >= 11 is 3.30. The van der Waals surface area contributed by atoms with Gasteiger partial charge in [-0.15, -0.1) is 22.7 Å². The molecule has 0 atom stereocenters. The third kappa shape index (κ3) is 4.11. The van der Waals surface area contributed by atoms with Crippen LogP contribution < -0.4 is 0 Å². The first-order chi connectivity index (χ1) is 15.2. The average molecular weight is 473 g/mol. The van der Waals surface area contributed by atoms with Gasteiger partial charge in [0.1, 0.15) is 21.0 Å². The van der Waals surface area contributed by atoms with Gasteiger partial charge in [-0.3, -0.25) is 4.68 Å². The summed E-state index contributed by atoms with van der Waals surface area (Å²) in [5.41, 5.74) is 0.693. The van der Waals surface area contributed by atoms with Crippen molar-refractivity contribution in [1.29, 1.82) is 0 Å². The number of carbonyl (C=O) groups is 1. The van der Waals surface area contributed by atoms with Gasteiger partial charge in [0.25, 0.3) is 0 Å². The number of amides is 1. The summed E-state index contributed by atoms with van der Waals surface area (Å²) in [6, 6.07) is 5.68. The van der Waals surface area contributed by atoms with E-state index in [0.29, 0.717) is 24.5 Å². The third-order valence-electron chi connectivity index (χ3n) is 5.58. The van der Waals surface area contributed by atoms with Crippen LogP contribution in [-0.4, -0.2) is 44.4 Å². The summed E-state index contributed by atoms with van der Waals surface area (Å²) in [5, 5.41) is 5.77. The zero-order chi connectivity index (χ0) is 22.6. The van der Waals surface area contributed by atoms with Gasteiger partial charge in [-0.1, -0.05) is 0 Å². The van der Waals surface area contributed by atoms with E-state index in [9.17, 15) is 9.18 Å². The van der Waals surface area contributed by atoms with Gasteiger partial charge in [0.05, 0.1) is 4.70 Å².